The quantitative estimate of drug-likeness (QED) is 0.560. The van der Waals surface area contributed by atoms with E-state index in [-0.39, 0.29) is 11.5 Å². The van der Waals surface area contributed by atoms with Crippen molar-refractivity contribution in [3.63, 3.8) is 0 Å². The van der Waals surface area contributed by atoms with Crippen LogP contribution in [0.5, 0.6) is 0 Å². The van der Waals surface area contributed by atoms with Crippen molar-refractivity contribution in [3.05, 3.63) is 35.4 Å². The lowest BCUT2D eigenvalue weighted by Gasteiger charge is -1.99. The minimum absolute atomic E-state index is 0.0132. The van der Waals surface area contributed by atoms with Gasteiger partial charge in [-0.25, -0.2) is 0 Å². The number of hydrogen-bond acceptors (Lipinski definition) is 3. The highest BCUT2D eigenvalue weighted by atomic mass is 32.2. The molecule has 0 N–H and O–H groups in total. The van der Waals surface area contributed by atoms with Crippen LogP contribution in [0.2, 0.25) is 0 Å². The lowest BCUT2D eigenvalue weighted by molar-refractivity contribution is 0.102. The van der Waals surface area contributed by atoms with Crippen molar-refractivity contribution in [1.29, 1.82) is 5.26 Å². The summed E-state index contributed by atoms with van der Waals surface area (Å²) >= 11 is 0.977. The lowest BCUT2D eigenvalue weighted by Crippen LogP contribution is -2.01. The summed E-state index contributed by atoms with van der Waals surface area (Å²) < 4.78 is 0. The number of nitriles is 1. The molecule has 1 aromatic carbocycles. The molecule has 0 saturated heterocycles. The normalized spacial score (nSPS) is 9.43. The molecule has 0 aliphatic carbocycles. The number of thiocyanates is 1. The summed E-state index contributed by atoms with van der Waals surface area (Å²) in [6.45, 7) is 2.07. The van der Waals surface area contributed by atoms with Crippen LogP contribution in [-0.2, 0) is 6.42 Å². The molecule has 0 radical (unpaired) electrons. The number of Topliss-reactive ketones (excluding diaryl/α,β-unsaturated/α-hetero) is 1. The van der Waals surface area contributed by atoms with Crippen LogP contribution in [-0.4, -0.2) is 11.5 Å². The van der Waals surface area contributed by atoms with E-state index in [2.05, 4.69) is 6.92 Å². The maximum Gasteiger partial charge on any atom is 0.173 e. The summed E-state index contributed by atoms with van der Waals surface area (Å²) in [5.74, 6) is 0.251. The van der Waals surface area contributed by atoms with E-state index in [1.165, 1.54) is 5.56 Å². The molecule has 0 spiro atoms. The molecule has 0 aliphatic rings. The third kappa shape index (κ3) is 2.90. The van der Waals surface area contributed by atoms with Gasteiger partial charge in [-0.05, 0) is 23.7 Å². The fourth-order valence-electron chi connectivity index (χ4n) is 1.11. The van der Waals surface area contributed by atoms with Crippen molar-refractivity contribution in [2.75, 3.05) is 5.75 Å². The fourth-order valence-corrected chi connectivity index (χ4v) is 1.47. The lowest BCUT2D eigenvalue weighted by atomic mass is 10.1. The molecule has 0 unspecified atom stereocenters. The molecule has 1 aromatic rings. The van der Waals surface area contributed by atoms with Gasteiger partial charge >= 0.3 is 0 Å². The van der Waals surface area contributed by atoms with Gasteiger partial charge in [0.15, 0.2) is 5.78 Å². The van der Waals surface area contributed by atoms with E-state index in [9.17, 15) is 4.79 Å². The van der Waals surface area contributed by atoms with Gasteiger partial charge in [-0.1, -0.05) is 31.2 Å². The van der Waals surface area contributed by atoms with Crippen LogP contribution in [0.1, 0.15) is 22.8 Å². The Labute approximate surface area is 87.9 Å². The first-order valence-corrected chi connectivity index (χ1v) is 5.39. The average molecular weight is 205 g/mol. The molecule has 0 fully saturated rings. The maximum absolute atomic E-state index is 11.4. The van der Waals surface area contributed by atoms with Crippen molar-refractivity contribution >= 4 is 17.5 Å². The number of ketones is 1. The van der Waals surface area contributed by atoms with Gasteiger partial charge in [0.1, 0.15) is 5.40 Å². The Balaban J connectivity index is 2.67. The molecular weight excluding hydrogens is 194 g/mol. The van der Waals surface area contributed by atoms with E-state index in [0.717, 1.165) is 18.2 Å². The van der Waals surface area contributed by atoms with E-state index in [4.69, 9.17) is 5.26 Å². The van der Waals surface area contributed by atoms with E-state index >= 15 is 0 Å². The molecule has 0 heterocycles. The van der Waals surface area contributed by atoms with Crippen LogP contribution in [0.25, 0.3) is 0 Å². The molecule has 0 saturated carbocycles. The number of thioether (sulfide) groups is 1. The van der Waals surface area contributed by atoms with E-state index in [1.54, 1.807) is 0 Å². The first-order valence-electron chi connectivity index (χ1n) is 4.41. The number of aryl methyl sites for hydroxylation is 1. The highest BCUT2D eigenvalue weighted by Gasteiger charge is 2.04. The number of carbonyl (C=O) groups is 1. The first-order chi connectivity index (χ1) is 6.77. The van der Waals surface area contributed by atoms with Crippen LogP contribution in [0.15, 0.2) is 24.3 Å². The van der Waals surface area contributed by atoms with Gasteiger partial charge in [-0.15, -0.1) is 0 Å². The highest BCUT2D eigenvalue weighted by Crippen LogP contribution is 2.08. The monoisotopic (exact) mass is 205 g/mol. The predicted octanol–water partition coefficient (Wildman–Crippen LogP) is 2.65. The second-order valence-electron chi connectivity index (χ2n) is 2.85. The summed E-state index contributed by atoms with van der Waals surface area (Å²) in [5.41, 5.74) is 1.90. The van der Waals surface area contributed by atoms with Gasteiger partial charge in [0, 0.05) is 5.56 Å². The summed E-state index contributed by atoms with van der Waals surface area (Å²) in [6, 6.07) is 7.53. The maximum atomic E-state index is 11.4. The molecule has 0 bridgehead atoms. The largest absolute Gasteiger partial charge is 0.293 e. The van der Waals surface area contributed by atoms with Crippen molar-refractivity contribution < 1.29 is 4.79 Å². The Bertz CT molecular complexity index is 351. The topological polar surface area (TPSA) is 40.9 Å². The molecule has 0 aromatic heterocycles. The average Bonchev–Trinajstić information content (AvgIpc) is 2.26. The van der Waals surface area contributed by atoms with Crippen LogP contribution in [0, 0.1) is 10.7 Å². The summed E-state index contributed by atoms with van der Waals surface area (Å²) in [6.07, 6.45) is 0.974. The number of hydrogen-bond donors (Lipinski definition) is 0. The van der Waals surface area contributed by atoms with Crippen LogP contribution >= 0.6 is 11.8 Å². The van der Waals surface area contributed by atoms with Crippen LogP contribution in [0.4, 0.5) is 0 Å². The second-order valence-corrected chi connectivity index (χ2v) is 3.61. The van der Waals surface area contributed by atoms with Crippen molar-refractivity contribution in [1.82, 2.24) is 0 Å². The Morgan fingerprint density at radius 3 is 2.57 bits per heavy atom. The van der Waals surface area contributed by atoms with Crippen LogP contribution < -0.4 is 0 Å². The Hall–Kier alpha value is -1.27. The number of benzene rings is 1. The standard InChI is InChI=1S/C11H11NOS/c1-2-9-3-5-10(6-4-9)11(13)7-14-8-12/h3-6H,2,7H2,1H3. The van der Waals surface area contributed by atoms with Gasteiger partial charge in [0.05, 0.1) is 5.75 Å². The van der Waals surface area contributed by atoms with E-state index in [0.29, 0.717) is 5.56 Å². The zero-order valence-electron chi connectivity index (χ0n) is 7.99. The summed E-state index contributed by atoms with van der Waals surface area (Å²) in [4.78, 5) is 11.4. The molecule has 0 atom stereocenters. The van der Waals surface area contributed by atoms with Gasteiger partial charge in [-0.3, -0.25) is 4.79 Å². The third-order valence-electron chi connectivity index (χ3n) is 1.95. The van der Waals surface area contributed by atoms with Crippen molar-refractivity contribution in [3.8, 4) is 5.40 Å². The molecule has 72 valence electrons. The Morgan fingerprint density at radius 1 is 1.43 bits per heavy atom. The first kappa shape index (κ1) is 10.8. The zero-order chi connectivity index (χ0) is 10.4. The minimum atomic E-state index is 0.0132. The van der Waals surface area contributed by atoms with Crippen molar-refractivity contribution in [2.45, 2.75) is 13.3 Å². The Kier molecular flexibility index (Phi) is 4.21. The Morgan fingerprint density at radius 2 is 2.07 bits per heavy atom. The van der Waals surface area contributed by atoms with E-state index < -0.39 is 0 Å². The second kappa shape index (κ2) is 5.46. The number of carbonyl (C=O) groups excluding carboxylic acids is 1. The minimum Gasteiger partial charge on any atom is -0.293 e. The number of nitrogens with zero attached hydrogens (tertiary/aromatic N) is 1. The molecule has 0 aliphatic heterocycles. The number of rotatable bonds is 4. The predicted molar refractivity (Wildman–Crippen MR) is 58.2 cm³/mol. The van der Waals surface area contributed by atoms with Gasteiger partial charge in [0.25, 0.3) is 0 Å². The third-order valence-corrected chi connectivity index (χ3v) is 2.49. The summed E-state index contributed by atoms with van der Waals surface area (Å²) in [5, 5.41) is 10.2. The fraction of sp³-hybridized carbons (Fsp3) is 0.273. The zero-order valence-corrected chi connectivity index (χ0v) is 8.80. The van der Waals surface area contributed by atoms with E-state index in [1.807, 2.05) is 29.7 Å². The van der Waals surface area contributed by atoms with Gasteiger partial charge in [-0.2, -0.15) is 5.26 Å². The molecular formula is C11H11NOS. The SMILES string of the molecule is CCc1ccc(C(=O)CSC#N)cc1. The molecule has 1 rings (SSSR count). The summed E-state index contributed by atoms with van der Waals surface area (Å²) in [7, 11) is 0. The van der Waals surface area contributed by atoms with Crippen LogP contribution in [0.3, 0.4) is 0 Å². The molecule has 0 amide bonds. The van der Waals surface area contributed by atoms with Gasteiger partial charge in [0.2, 0.25) is 0 Å². The van der Waals surface area contributed by atoms with Crippen molar-refractivity contribution in [2.24, 2.45) is 0 Å². The smallest absolute Gasteiger partial charge is 0.173 e. The molecule has 14 heavy (non-hydrogen) atoms. The molecule has 2 nitrogen and oxygen atoms in total. The highest BCUT2D eigenvalue weighted by molar-refractivity contribution is 8.04. The van der Waals surface area contributed by atoms with Gasteiger partial charge < -0.3 is 0 Å². The molecule has 3 heteroatoms.